The zero-order chi connectivity index (χ0) is 10.0. The average molecular weight is 312 g/mol. The fraction of sp³-hybridized carbons (Fsp3) is 0.333. The van der Waals surface area contributed by atoms with Crippen LogP contribution in [0.4, 0.5) is 4.39 Å². The fourth-order valence-corrected chi connectivity index (χ4v) is 2.23. The summed E-state index contributed by atoms with van der Waals surface area (Å²) in [6.45, 7) is 1.87. The van der Waals surface area contributed by atoms with Crippen LogP contribution in [-0.2, 0) is 0 Å². The van der Waals surface area contributed by atoms with Crippen LogP contribution in [0, 0.1) is 5.82 Å². The van der Waals surface area contributed by atoms with Crippen molar-refractivity contribution in [2.75, 3.05) is 0 Å². The molecule has 1 rings (SSSR count). The smallest absolute Gasteiger partial charge is 0.151 e. The molecule has 0 amide bonds. The van der Waals surface area contributed by atoms with E-state index in [1.165, 1.54) is 0 Å². The SMILES string of the molecule is CCC(O)c1cc(Br)c(F)c(Br)c1. The van der Waals surface area contributed by atoms with E-state index < -0.39 is 6.10 Å². The van der Waals surface area contributed by atoms with Gasteiger partial charge in [-0.2, -0.15) is 0 Å². The van der Waals surface area contributed by atoms with Crippen molar-refractivity contribution in [1.29, 1.82) is 0 Å². The molecule has 0 saturated heterocycles. The molecule has 0 aliphatic rings. The summed E-state index contributed by atoms with van der Waals surface area (Å²) in [4.78, 5) is 0. The summed E-state index contributed by atoms with van der Waals surface area (Å²) in [6, 6.07) is 3.18. The first-order chi connectivity index (χ1) is 6.06. The van der Waals surface area contributed by atoms with Crippen molar-refractivity contribution < 1.29 is 9.50 Å². The minimum Gasteiger partial charge on any atom is -0.388 e. The summed E-state index contributed by atoms with van der Waals surface area (Å²) in [7, 11) is 0. The third-order valence-electron chi connectivity index (χ3n) is 1.78. The van der Waals surface area contributed by atoms with E-state index in [4.69, 9.17) is 0 Å². The third kappa shape index (κ3) is 2.51. The topological polar surface area (TPSA) is 20.2 Å². The van der Waals surface area contributed by atoms with E-state index in [9.17, 15) is 9.50 Å². The zero-order valence-corrected chi connectivity index (χ0v) is 10.2. The van der Waals surface area contributed by atoms with Gasteiger partial charge in [-0.1, -0.05) is 6.92 Å². The van der Waals surface area contributed by atoms with Gasteiger partial charge in [0.05, 0.1) is 15.0 Å². The molecule has 0 heterocycles. The minimum atomic E-state index is -0.534. The van der Waals surface area contributed by atoms with E-state index in [0.29, 0.717) is 20.9 Å². The van der Waals surface area contributed by atoms with Crippen molar-refractivity contribution in [1.82, 2.24) is 0 Å². The van der Waals surface area contributed by atoms with Crippen LogP contribution in [0.25, 0.3) is 0 Å². The van der Waals surface area contributed by atoms with Crippen molar-refractivity contribution in [3.8, 4) is 0 Å². The first kappa shape index (κ1) is 11.1. The summed E-state index contributed by atoms with van der Waals surface area (Å²) in [5.74, 6) is -0.341. The summed E-state index contributed by atoms with van der Waals surface area (Å²) in [5.41, 5.74) is 0.711. The Balaban J connectivity index is 3.13. The average Bonchev–Trinajstić information content (AvgIpc) is 2.12. The van der Waals surface area contributed by atoms with Crippen LogP contribution >= 0.6 is 31.9 Å². The number of halogens is 3. The number of rotatable bonds is 2. The second-order valence-electron chi connectivity index (χ2n) is 2.72. The largest absolute Gasteiger partial charge is 0.388 e. The Hall–Kier alpha value is 0.0700. The van der Waals surface area contributed by atoms with Gasteiger partial charge in [0.25, 0.3) is 0 Å². The number of benzene rings is 1. The standard InChI is InChI=1S/C9H9Br2FO/c1-2-8(13)5-3-6(10)9(12)7(11)4-5/h3-4,8,13H,2H2,1H3. The van der Waals surface area contributed by atoms with Crippen LogP contribution in [-0.4, -0.2) is 5.11 Å². The minimum absolute atomic E-state index is 0.341. The molecule has 0 aliphatic carbocycles. The van der Waals surface area contributed by atoms with Crippen molar-refractivity contribution in [3.63, 3.8) is 0 Å². The van der Waals surface area contributed by atoms with Crippen LogP contribution in [0.5, 0.6) is 0 Å². The van der Waals surface area contributed by atoms with E-state index in [-0.39, 0.29) is 5.82 Å². The van der Waals surface area contributed by atoms with Gasteiger partial charge in [0.2, 0.25) is 0 Å². The van der Waals surface area contributed by atoms with Gasteiger partial charge >= 0.3 is 0 Å². The highest BCUT2D eigenvalue weighted by molar-refractivity contribution is 9.11. The van der Waals surface area contributed by atoms with Crippen molar-refractivity contribution in [2.24, 2.45) is 0 Å². The van der Waals surface area contributed by atoms with Crippen LogP contribution < -0.4 is 0 Å². The zero-order valence-electron chi connectivity index (χ0n) is 7.02. The number of hydrogen-bond acceptors (Lipinski definition) is 1. The Morgan fingerprint density at radius 2 is 1.85 bits per heavy atom. The molecular weight excluding hydrogens is 303 g/mol. The quantitative estimate of drug-likeness (QED) is 0.824. The molecular formula is C9H9Br2FO. The monoisotopic (exact) mass is 310 g/mol. The predicted molar refractivity (Wildman–Crippen MR) is 57.1 cm³/mol. The molecule has 1 N–H and O–H groups in total. The van der Waals surface area contributed by atoms with Gasteiger partial charge in [-0.05, 0) is 56.0 Å². The van der Waals surface area contributed by atoms with Gasteiger partial charge in [-0.3, -0.25) is 0 Å². The fourth-order valence-electron chi connectivity index (χ4n) is 1.00. The van der Waals surface area contributed by atoms with Crippen LogP contribution in [0.15, 0.2) is 21.1 Å². The Morgan fingerprint density at radius 3 is 2.23 bits per heavy atom. The normalized spacial score (nSPS) is 13.0. The van der Waals surface area contributed by atoms with Crippen LogP contribution in [0.1, 0.15) is 25.0 Å². The molecule has 1 unspecified atom stereocenters. The highest BCUT2D eigenvalue weighted by atomic mass is 79.9. The maximum absolute atomic E-state index is 13.1. The molecule has 0 saturated carbocycles. The number of hydrogen-bond donors (Lipinski definition) is 1. The maximum Gasteiger partial charge on any atom is 0.151 e. The van der Waals surface area contributed by atoms with Crippen LogP contribution in [0.2, 0.25) is 0 Å². The van der Waals surface area contributed by atoms with Crippen molar-refractivity contribution >= 4 is 31.9 Å². The second-order valence-corrected chi connectivity index (χ2v) is 4.43. The van der Waals surface area contributed by atoms with E-state index in [1.54, 1.807) is 12.1 Å². The molecule has 0 radical (unpaired) electrons. The first-order valence-corrected chi connectivity index (χ1v) is 5.47. The molecule has 0 fully saturated rings. The van der Waals surface area contributed by atoms with Gasteiger partial charge in [0.15, 0.2) is 5.82 Å². The first-order valence-electron chi connectivity index (χ1n) is 3.88. The molecule has 0 aromatic heterocycles. The molecule has 13 heavy (non-hydrogen) atoms. The molecule has 1 nitrogen and oxygen atoms in total. The maximum atomic E-state index is 13.1. The molecule has 1 atom stereocenters. The van der Waals surface area contributed by atoms with Gasteiger partial charge in [-0.25, -0.2) is 4.39 Å². The van der Waals surface area contributed by atoms with E-state index in [0.717, 1.165) is 0 Å². The lowest BCUT2D eigenvalue weighted by atomic mass is 10.1. The Bertz CT molecular complexity index is 291. The summed E-state index contributed by atoms with van der Waals surface area (Å²) >= 11 is 6.16. The number of aliphatic hydroxyl groups excluding tert-OH is 1. The van der Waals surface area contributed by atoms with Gasteiger partial charge in [-0.15, -0.1) is 0 Å². The van der Waals surface area contributed by atoms with E-state index in [1.807, 2.05) is 6.92 Å². The molecule has 0 aliphatic heterocycles. The summed E-state index contributed by atoms with van der Waals surface area (Å²) in [6.07, 6.45) is 0.0815. The second kappa shape index (κ2) is 4.53. The molecule has 0 spiro atoms. The van der Waals surface area contributed by atoms with Crippen molar-refractivity contribution in [2.45, 2.75) is 19.4 Å². The Kier molecular flexibility index (Phi) is 3.88. The lowest BCUT2D eigenvalue weighted by Crippen LogP contribution is -1.96. The molecule has 4 heteroatoms. The van der Waals surface area contributed by atoms with Gasteiger partial charge < -0.3 is 5.11 Å². The Morgan fingerprint density at radius 1 is 1.38 bits per heavy atom. The molecule has 0 bridgehead atoms. The highest BCUT2D eigenvalue weighted by Crippen LogP contribution is 2.29. The van der Waals surface area contributed by atoms with Gasteiger partial charge in [0, 0.05) is 0 Å². The molecule has 72 valence electrons. The molecule has 1 aromatic carbocycles. The summed E-state index contributed by atoms with van der Waals surface area (Å²) < 4.78 is 13.8. The van der Waals surface area contributed by atoms with Crippen LogP contribution in [0.3, 0.4) is 0 Å². The predicted octanol–water partition coefficient (Wildman–Crippen LogP) is 3.79. The lowest BCUT2D eigenvalue weighted by molar-refractivity contribution is 0.173. The van der Waals surface area contributed by atoms with E-state index >= 15 is 0 Å². The third-order valence-corrected chi connectivity index (χ3v) is 2.93. The summed E-state index contributed by atoms with van der Waals surface area (Å²) in [5, 5.41) is 9.50. The lowest BCUT2D eigenvalue weighted by Gasteiger charge is -2.09. The highest BCUT2D eigenvalue weighted by Gasteiger charge is 2.11. The van der Waals surface area contributed by atoms with Gasteiger partial charge in [0.1, 0.15) is 0 Å². The number of aliphatic hydroxyl groups is 1. The molecule has 1 aromatic rings. The Labute approximate surface area is 93.2 Å². The van der Waals surface area contributed by atoms with Crippen molar-refractivity contribution in [3.05, 3.63) is 32.5 Å². The van der Waals surface area contributed by atoms with E-state index in [2.05, 4.69) is 31.9 Å².